The molecule has 158 valence electrons. The molecule has 32 heavy (non-hydrogen) atoms. The van der Waals surface area contributed by atoms with Gasteiger partial charge in [0.1, 0.15) is 17.4 Å². The zero-order valence-corrected chi connectivity index (χ0v) is 17.4. The lowest BCUT2D eigenvalue weighted by atomic mass is 9.83. The lowest BCUT2D eigenvalue weighted by molar-refractivity contribution is 0.0968. The first kappa shape index (κ1) is 20.9. The summed E-state index contributed by atoms with van der Waals surface area (Å²) < 4.78 is 6.30. The molecule has 0 unspecified atom stereocenters. The first-order valence-electron chi connectivity index (χ1n) is 10.1. The molecule has 2 aromatic carbocycles. The summed E-state index contributed by atoms with van der Waals surface area (Å²) in [4.78, 5) is 26.8. The van der Waals surface area contributed by atoms with Gasteiger partial charge in [0.25, 0.3) is 5.56 Å². The summed E-state index contributed by atoms with van der Waals surface area (Å²) in [5.74, 6) is -1.19. The largest absolute Gasteiger partial charge is 0.494 e. The third-order valence-electron chi connectivity index (χ3n) is 5.47. The Bertz CT molecular complexity index is 1310. The number of pyridine rings is 1. The number of benzene rings is 2. The van der Waals surface area contributed by atoms with E-state index in [-0.39, 0.29) is 23.2 Å². The maximum absolute atomic E-state index is 13.9. The van der Waals surface area contributed by atoms with E-state index in [9.17, 15) is 20.0 Å². The lowest BCUT2D eigenvalue weighted by Crippen LogP contribution is -2.28. The Morgan fingerprint density at radius 3 is 2.12 bits per heavy atom. The number of hydrogen-bond donors (Lipinski definition) is 1. The smallest absolute Gasteiger partial charge is 0.271 e. The van der Waals surface area contributed by atoms with Crippen LogP contribution in [0.4, 0.5) is 0 Å². The molecule has 0 radical (unpaired) electrons. The van der Waals surface area contributed by atoms with Crippen LogP contribution in [0.15, 0.2) is 88.3 Å². The van der Waals surface area contributed by atoms with Gasteiger partial charge in [-0.05, 0) is 35.7 Å². The molecule has 2 heterocycles. The minimum absolute atomic E-state index is 0.0505. The minimum atomic E-state index is -0.719. The molecule has 0 bridgehead atoms. The fourth-order valence-corrected chi connectivity index (χ4v) is 3.88. The third-order valence-corrected chi connectivity index (χ3v) is 5.47. The van der Waals surface area contributed by atoms with Gasteiger partial charge >= 0.3 is 0 Å². The van der Waals surface area contributed by atoms with Gasteiger partial charge in [-0.2, -0.15) is 5.26 Å². The highest BCUT2D eigenvalue weighted by Crippen LogP contribution is 2.33. The van der Waals surface area contributed by atoms with Gasteiger partial charge < -0.3 is 9.52 Å². The van der Waals surface area contributed by atoms with E-state index in [0.29, 0.717) is 5.76 Å². The summed E-state index contributed by atoms with van der Waals surface area (Å²) in [7, 11) is 0. The molecule has 1 N–H and O–H groups in total. The molecular formula is C26H20N2O4. The van der Waals surface area contributed by atoms with E-state index < -0.39 is 23.1 Å². The van der Waals surface area contributed by atoms with Crippen molar-refractivity contribution in [3.05, 3.63) is 123 Å². The number of nitrogens with zero attached hydrogens (tertiary/aromatic N) is 2. The number of ketones is 1. The molecule has 0 spiro atoms. The minimum Gasteiger partial charge on any atom is -0.494 e. The van der Waals surface area contributed by atoms with E-state index in [1.807, 2.05) is 66.7 Å². The van der Waals surface area contributed by atoms with Crippen molar-refractivity contribution >= 4 is 5.78 Å². The van der Waals surface area contributed by atoms with Crippen LogP contribution in [0.2, 0.25) is 0 Å². The Balaban J connectivity index is 1.93. The topological polar surface area (TPSA) is 96.2 Å². The van der Waals surface area contributed by atoms with E-state index in [4.69, 9.17) is 4.42 Å². The Labute approximate surface area is 184 Å². The summed E-state index contributed by atoms with van der Waals surface area (Å²) in [6.45, 7) is 1.41. The van der Waals surface area contributed by atoms with Crippen molar-refractivity contribution in [1.82, 2.24) is 4.57 Å². The molecule has 0 fully saturated rings. The van der Waals surface area contributed by atoms with E-state index >= 15 is 0 Å². The maximum atomic E-state index is 13.9. The van der Waals surface area contributed by atoms with Crippen molar-refractivity contribution in [1.29, 1.82) is 5.26 Å². The highest BCUT2D eigenvalue weighted by atomic mass is 16.3. The van der Waals surface area contributed by atoms with Crippen molar-refractivity contribution in [3.63, 3.8) is 0 Å². The molecule has 0 atom stereocenters. The molecular weight excluding hydrogens is 404 g/mol. The normalized spacial score (nSPS) is 10.8. The number of carbonyl (C=O) groups excluding carboxylic acids is 1. The number of Topliss-reactive ketones (excluding diaryl/α,β-unsaturated/α-hetero) is 1. The van der Waals surface area contributed by atoms with Gasteiger partial charge in [-0.15, -0.1) is 0 Å². The number of hydrogen-bond acceptors (Lipinski definition) is 5. The number of furan rings is 1. The summed E-state index contributed by atoms with van der Waals surface area (Å²) in [6, 6.07) is 23.6. The molecule has 6 nitrogen and oxygen atoms in total. The maximum Gasteiger partial charge on any atom is 0.271 e. The number of nitriles is 1. The van der Waals surface area contributed by atoms with Crippen molar-refractivity contribution < 1.29 is 14.3 Å². The summed E-state index contributed by atoms with van der Waals surface area (Å²) in [6.07, 6.45) is 1.45. The lowest BCUT2D eigenvalue weighted by Gasteiger charge is -2.21. The van der Waals surface area contributed by atoms with Gasteiger partial charge in [0.2, 0.25) is 5.88 Å². The number of aromatic nitrogens is 1. The van der Waals surface area contributed by atoms with Crippen LogP contribution in [0, 0.1) is 18.3 Å². The van der Waals surface area contributed by atoms with E-state index in [2.05, 4.69) is 0 Å². The molecule has 0 aliphatic heterocycles. The average molecular weight is 424 g/mol. The monoisotopic (exact) mass is 424 g/mol. The molecule has 0 saturated heterocycles. The van der Waals surface area contributed by atoms with Crippen LogP contribution in [0.25, 0.3) is 0 Å². The van der Waals surface area contributed by atoms with E-state index in [1.165, 1.54) is 13.2 Å². The van der Waals surface area contributed by atoms with E-state index in [0.717, 1.165) is 15.7 Å². The fourth-order valence-electron chi connectivity index (χ4n) is 3.88. The van der Waals surface area contributed by atoms with Gasteiger partial charge in [0.05, 0.1) is 24.3 Å². The first-order chi connectivity index (χ1) is 15.5. The molecule has 4 aromatic rings. The van der Waals surface area contributed by atoms with Crippen LogP contribution in [0.5, 0.6) is 5.88 Å². The number of aromatic hydroxyl groups is 1. The second-order valence-corrected chi connectivity index (χ2v) is 7.40. The average Bonchev–Trinajstić information content (AvgIpc) is 3.32. The molecule has 0 amide bonds. The predicted octanol–water partition coefficient (Wildman–Crippen LogP) is 4.39. The van der Waals surface area contributed by atoms with Crippen molar-refractivity contribution in [2.24, 2.45) is 0 Å². The van der Waals surface area contributed by atoms with Crippen LogP contribution in [0.1, 0.15) is 44.3 Å². The molecule has 2 aromatic heterocycles. The van der Waals surface area contributed by atoms with Crippen LogP contribution in [0.3, 0.4) is 0 Å². The van der Waals surface area contributed by atoms with Crippen molar-refractivity contribution in [3.8, 4) is 11.9 Å². The first-order valence-corrected chi connectivity index (χ1v) is 10.1. The summed E-state index contributed by atoms with van der Waals surface area (Å²) >= 11 is 0. The van der Waals surface area contributed by atoms with E-state index in [1.54, 1.807) is 12.1 Å². The zero-order valence-electron chi connectivity index (χ0n) is 17.4. The molecule has 0 aliphatic rings. The van der Waals surface area contributed by atoms with Gasteiger partial charge in [-0.3, -0.25) is 14.2 Å². The molecule has 4 rings (SSSR count). The van der Waals surface area contributed by atoms with Crippen LogP contribution in [-0.2, 0) is 6.54 Å². The van der Waals surface area contributed by atoms with Crippen molar-refractivity contribution in [2.45, 2.75) is 19.4 Å². The predicted molar refractivity (Wildman–Crippen MR) is 119 cm³/mol. The number of carbonyl (C=O) groups is 1. The van der Waals surface area contributed by atoms with Crippen LogP contribution in [-0.4, -0.2) is 15.5 Å². The highest BCUT2D eigenvalue weighted by Gasteiger charge is 2.31. The molecule has 6 heteroatoms. The third kappa shape index (κ3) is 3.72. The van der Waals surface area contributed by atoms with Gasteiger partial charge in [-0.25, -0.2) is 0 Å². The van der Waals surface area contributed by atoms with Crippen molar-refractivity contribution in [2.75, 3.05) is 0 Å². The Hall–Kier alpha value is -4.37. The molecule has 0 aliphatic carbocycles. The second kappa shape index (κ2) is 8.78. The number of rotatable bonds is 6. The Morgan fingerprint density at radius 1 is 1.03 bits per heavy atom. The Morgan fingerprint density at radius 2 is 1.62 bits per heavy atom. The highest BCUT2D eigenvalue weighted by molar-refractivity contribution is 6.06. The second-order valence-electron chi connectivity index (χ2n) is 7.40. The summed E-state index contributed by atoms with van der Waals surface area (Å²) in [5.41, 5.74) is 0.733. The van der Waals surface area contributed by atoms with Gasteiger partial charge in [0.15, 0.2) is 5.78 Å². The zero-order chi connectivity index (χ0) is 22.7. The molecule has 0 saturated carbocycles. The Kier molecular flexibility index (Phi) is 5.73. The SMILES string of the molecule is Cc1c(C(=O)C(c2ccccc2)c2ccccc2)c(O)n(Cc2ccco2)c(=O)c1C#N. The van der Waals surface area contributed by atoms with Gasteiger partial charge in [-0.1, -0.05) is 60.7 Å². The summed E-state index contributed by atoms with van der Waals surface area (Å²) in [5, 5.41) is 20.7. The standard InChI is InChI=1S/C26H20N2O4/c1-17-21(15-27)25(30)28(16-20-13-8-14-32-20)26(31)22(17)24(29)23(18-9-4-2-5-10-18)19-11-6-3-7-12-19/h2-14,23,31H,16H2,1H3. The van der Waals surface area contributed by atoms with Gasteiger partial charge in [0, 0.05) is 0 Å². The van der Waals surface area contributed by atoms with Crippen LogP contribution >= 0.6 is 0 Å². The van der Waals surface area contributed by atoms with Crippen LogP contribution < -0.4 is 5.56 Å². The quantitative estimate of drug-likeness (QED) is 0.463. The fraction of sp³-hybridized carbons (Fsp3) is 0.115.